The molecule has 104 valence electrons. The van der Waals surface area contributed by atoms with E-state index in [1.165, 1.54) is 19.1 Å². The van der Waals surface area contributed by atoms with Crippen LogP contribution in [0.5, 0.6) is 0 Å². The van der Waals surface area contributed by atoms with E-state index < -0.39 is 23.8 Å². The first-order valence-corrected chi connectivity index (χ1v) is 5.72. The van der Waals surface area contributed by atoms with E-state index in [2.05, 4.69) is 6.58 Å². The van der Waals surface area contributed by atoms with Crippen LogP contribution in [0.3, 0.4) is 0 Å². The first-order valence-electron chi connectivity index (χ1n) is 5.72. The van der Waals surface area contributed by atoms with Gasteiger partial charge < -0.3 is 4.74 Å². The second-order valence-corrected chi connectivity index (χ2v) is 4.40. The molecule has 0 amide bonds. The molecule has 0 spiro atoms. The molecule has 2 nitrogen and oxygen atoms in total. The molecule has 0 saturated carbocycles. The molecular formula is C14H15F3O2. The second kappa shape index (κ2) is 5.91. The molecule has 0 N–H and O–H groups in total. The highest BCUT2D eigenvalue weighted by Crippen LogP contribution is 2.29. The van der Waals surface area contributed by atoms with Crippen LogP contribution >= 0.6 is 0 Å². The zero-order chi connectivity index (χ0) is 14.6. The van der Waals surface area contributed by atoms with Crippen molar-refractivity contribution in [3.63, 3.8) is 0 Å². The van der Waals surface area contributed by atoms with Crippen molar-refractivity contribution >= 4 is 5.97 Å². The van der Waals surface area contributed by atoms with E-state index in [0.717, 1.165) is 12.1 Å². The van der Waals surface area contributed by atoms with Crippen molar-refractivity contribution in [3.8, 4) is 0 Å². The Morgan fingerprint density at radius 3 is 2.26 bits per heavy atom. The van der Waals surface area contributed by atoms with Crippen LogP contribution in [-0.4, -0.2) is 12.1 Å². The molecule has 0 aliphatic carbocycles. The van der Waals surface area contributed by atoms with Gasteiger partial charge in [-0.15, -0.1) is 0 Å². The van der Waals surface area contributed by atoms with Gasteiger partial charge in [0.25, 0.3) is 0 Å². The van der Waals surface area contributed by atoms with Gasteiger partial charge in [0.2, 0.25) is 0 Å². The third-order valence-corrected chi connectivity index (χ3v) is 2.46. The van der Waals surface area contributed by atoms with Crippen molar-refractivity contribution in [2.45, 2.75) is 32.5 Å². The average Bonchev–Trinajstić information content (AvgIpc) is 2.28. The predicted molar refractivity (Wildman–Crippen MR) is 65.5 cm³/mol. The lowest BCUT2D eigenvalue weighted by Crippen LogP contribution is -2.17. The van der Waals surface area contributed by atoms with Crippen LogP contribution in [0.15, 0.2) is 36.4 Å². The van der Waals surface area contributed by atoms with Crippen LogP contribution in [0.25, 0.3) is 0 Å². The summed E-state index contributed by atoms with van der Waals surface area (Å²) in [5.41, 5.74) is 0.275. The number of benzene rings is 1. The van der Waals surface area contributed by atoms with Crippen molar-refractivity contribution in [2.24, 2.45) is 0 Å². The number of alkyl halides is 3. The van der Waals surface area contributed by atoms with Gasteiger partial charge in [-0.05, 0) is 31.5 Å². The summed E-state index contributed by atoms with van der Waals surface area (Å²) in [6.07, 6.45) is -4.39. The third kappa shape index (κ3) is 4.77. The topological polar surface area (TPSA) is 26.3 Å². The SMILES string of the molecule is C=C(C)C(=O)OC(C)Cc1ccc(C(F)(F)F)cc1. The van der Waals surface area contributed by atoms with Crippen LogP contribution in [0.1, 0.15) is 25.0 Å². The summed E-state index contributed by atoms with van der Waals surface area (Å²) in [6.45, 7) is 6.67. The summed E-state index contributed by atoms with van der Waals surface area (Å²) in [4.78, 5) is 11.3. The highest BCUT2D eigenvalue weighted by atomic mass is 19.4. The number of ether oxygens (including phenoxy) is 1. The number of carbonyl (C=O) groups excluding carboxylic acids is 1. The molecule has 0 fully saturated rings. The molecule has 1 aromatic rings. The number of hydrogen-bond donors (Lipinski definition) is 0. The number of hydrogen-bond acceptors (Lipinski definition) is 2. The van der Waals surface area contributed by atoms with Gasteiger partial charge in [0.05, 0.1) is 5.56 Å². The molecule has 0 heterocycles. The van der Waals surface area contributed by atoms with Gasteiger partial charge in [-0.25, -0.2) is 4.79 Å². The van der Waals surface area contributed by atoms with Crippen LogP contribution < -0.4 is 0 Å². The first kappa shape index (κ1) is 15.3. The smallest absolute Gasteiger partial charge is 0.416 e. The normalized spacial score (nSPS) is 12.9. The zero-order valence-electron chi connectivity index (χ0n) is 10.8. The first-order chi connectivity index (χ1) is 8.70. The zero-order valence-corrected chi connectivity index (χ0v) is 10.8. The lowest BCUT2D eigenvalue weighted by atomic mass is 10.1. The minimum absolute atomic E-state index is 0.291. The Bertz CT molecular complexity index is 461. The largest absolute Gasteiger partial charge is 0.459 e. The van der Waals surface area contributed by atoms with E-state index in [1.807, 2.05) is 0 Å². The minimum atomic E-state index is -4.34. The third-order valence-electron chi connectivity index (χ3n) is 2.46. The molecule has 0 saturated heterocycles. The summed E-state index contributed by atoms with van der Waals surface area (Å²) < 4.78 is 42.1. The molecule has 1 aromatic carbocycles. The Morgan fingerprint density at radius 2 is 1.84 bits per heavy atom. The predicted octanol–water partition coefficient (Wildman–Crippen LogP) is 3.76. The van der Waals surface area contributed by atoms with Gasteiger partial charge in [-0.3, -0.25) is 0 Å². The number of rotatable bonds is 4. The molecule has 0 aliphatic heterocycles. The molecule has 1 atom stereocenters. The molecule has 5 heteroatoms. The van der Waals surface area contributed by atoms with Crippen molar-refractivity contribution in [2.75, 3.05) is 0 Å². The van der Waals surface area contributed by atoms with Crippen molar-refractivity contribution in [1.82, 2.24) is 0 Å². The second-order valence-electron chi connectivity index (χ2n) is 4.40. The molecule has 0 aromatic heterocycles. The van der Waals surface area contributed by atoms with Gasteiger partial charge in [0, 0.05) is 12.0 Å². The molecule has 0 bridgehead atoms. The Kier molecular flexibility index (Phi) is 4.75. The van der Waals surface area contributed by atoms with Gasteiger partial charge in [0.15, 0.2) is 0 Å². The van der Waals surface area contributed by atoms with E-state index in [-0.39, 0.29) is 0 Å². The fourth-order valence-electron chi connectivity index (χ4n) is 1.49. The van der Waals surface area contributed by atoms with Gasteiger partial charge >= 0.3 is 12.1 Å². The van der Waals surface area contributed by atoms with Gasteiger partial charge in [-0.2, -0.15) is 13.2 Å². The molecule has 19 heavy (non-hydrogen) atoms. The lowest BCUT2D eigenvalue weighted by Gasteiger charge is -2.14. The molecule has 1 unspecified atom stereocenters. The molecule has 0 aliphatic rings. The van der Waals surface area contributed by atoms with Crippen LogP contribution in [-0.2, 0) is 22.1 Å². The Hall–Kier alpha value is -1.78. The molecule has 0 radical (unpaired) electrons. The summed E-state index contributed by atoms with van der Waals surface area (Å²) in [6, 6.07) is 4.80. The van der Waals surface area contributed by atoms with E-state index >= 15 is 0 Å². The average molecular weight is 272 g/mol. The Morgan fingerprint density at radius 1 is 1.32 bits per heavy atom. The van der Waals surface area contributed by atoms with Crippen molar-refractivity contribution < 1.29 is 22.7 Å². The van der Waals surface area contributed by atoms with E-state index in [4.69, 9.17) is 4.74 Å². The van der Waals surface area contributed by atoms with Crippen molar-refractivity contribution in [3.05, 3.63) is 47.5 Å². The minimum Gasteiger partial charge on any atom is -0.459 e. The maximum absolute atomic E-state index is 12.4. The number of carbonyl (C=O) groups is 1. The fourth-order valence-corrected chi connectivity index (χ4v) is 1.49. The van der Waals surface area contributed by atoms with Crippen LogP contribution in [0, 0.1) is 0 Å². The highest BCUT2D eigenvalue weighted by molar-refractivity contribution is 5.87. The maximum atomic E-state index is 12.4. The maximum Gasteiger partial charge on any atom is 0.416 e. The highest BCUT2D eigenvalue weighted by Gasteiger charge is 2.29. The summed E-state index contributed by atoms with van der Waals surface area (Å²) in [7, 11) is 0. The van der Waals surface area contributed by atoms with E-state index in [1.54, 1.807) is 6.92 Å². The number of halogens is 3. The van der Waals surface area contributed by atoms with E-state index in [9.17, 15) is 18.0 Å². The molecule has 1 rings (SSSR count). The lowest BCUT2D eigenvalue weighted by molar-refractivity contribution is -0.143. The quantitative estimate of drug-likeness (QED) is 0.616. The van der Waals surface area contributed by atoms with E-state index in [0.29, 0.717) is 17.6 Å². The van der Waals surface area contributed by atoms with Crippen LogP contribution in [0.4, 0.5) is 13.2 Å². The van der Waals surface area contributed by atoms with Crippen LogP contribution in [0.2, 0.25) is 0 Å². The summed E-state index contributed by atoms with van der Waals surface area (Å²) in [5, 5.41) is 0. The monoisotopic (exact) mass is 272 g/mol. The Labute approximate surface area is 109 Å². The standard InChI is InChI=1S/C14H15F3O2/c1-9(2)13(18)19-10(3)8-11-4-6-12(7-5-11)14(15,16)17/h4-7,10H,1,8H2,2-3H3. The molecular weight excluding hydrogens is 257 g/mol. The van der Waals surface area contributed by atoms with Gasteiger partial charge in [0.1, 0.15) is 6.10 Å². The Balaban J connectivity index is 2.63. The fraction of sp³-hybridized carbons (Fsp3) is 0.357. The van der Waals surface area contributed by atoms with Gasteiger partial charge in [-0.1, -0.05) is 18.7 Å². The number of esters is 1. The summed E-state index contributed by atoms with van der Waals surface area (Å²) in [5.74, 6) is -0.501. The summed E-state index contributed by atoms with van der Waals surface area (Å²) >= 11 is 0. The van der Waals surface area contributed by atoms with Crippen molar-refractivity contribution in [1.29, 1.82) is 0 Å².